The molecule has 2 unspecified atom stereocenters. The first-order valence-corrected chi connectivity index (χ1v) is 11.0. The van der Waals surface area contributed by atoms with Crippen molar-refractivity contribution in [3.8, 4) is 0 Å². The molecule has 1 N–H and O–H groups in total. The summed E-state index contributed by atoms with van der Waals surface area (Å²) in [6.45, 7) is 7.38. The smallest absolute Gasteiger partial charge is 0.410 e. The van der Waals surface area contributed by atoms with Crippen LogP contribution in [0.15, 0.2) is 18.2 Å². The van der Waals surface area contributed by atoms with Crippen molar-refractivity contribution < 1.29 is 22.5 Å². The van der Waals surface area contributed by atoms with Crippen LogP contribution in [0.25, 0.3) is 0 Å². The molecule has 6 nitrogen and oxygen atoms in total. The number of amides is 1. The first kappa shape index (κ1) is 22.3. The van der Waals surface area contributed by atoms with E-state index in [9.17, 15) is 17.8 Å². The summed E-state index contributed by atoms with van der Waals surface area (Å²) in [6, 6.07) is 4.89. The Kier molecular flexibility index (Phi) is 6.41. The van der Waals surface area contributed by atoms with Gasteiger partial charge in [-0.3, -0.25) is 4.55 Å². The largest absolute Gasteiger partial charge is 0.444 e. The Morgan fingerprint density at radius 2 is 1.96 bits per heavy atom. The highest BCUT2D eigenvalue weighted by Gasteiger charge is 2.51. The predicted octanol–water partition coefficient (Wildman–Crippen LogP) is 4.54. The molecule has 0 radical (unpaired) electrons. The van der Waals surface area contributed by atoms with Crippen molar-refractivity contribution in [1.82, 2.24) is 4.90 Å². The Labute approximate surface area is 170 Å². The van der Waals surface area contributed by atoms with E-state index in [2.05, 4.69) is 0 Å². The molecule has 0 spiro atoms. The fourth-order valence-corrected chi connectivity index (χ4v) is 5.31. The van der Waals surface area contributed by atoms with Crippen molar-refractivity contribution in [2.24, 2.45) is 0 Å². The van der Waals surface area contributed by atoms with Gasteiger partial charge in [0.05, 0.1) is 15.3 Å². The van der Waals surface area contributed by atoms with E-state index in [1.807, 2.05) is 0 Å². The van der Waals surface area contributed by atoms with E-state index in [1.165, 1.54) is 4.90 Å². The van der Waals surface area contributed by atoms with Crippen molar-refractivity contribution >= 4 is 39.4 Å². The Hall–Kier alpha value is -1.02. The van der Waals surface area contributed by atoms with E-state index in [1.54, 1.807) is 45.9 Å². The molecule has 9 heteroatoms. The molecule has 1 saturated heterocycles. The number of rotatable bonds is 4. The zero-order chi connectivity index (χ0) is 20.6. The predicted molar refractivity (Wildman–Crippen MR) is 106 cm³/mol. The number of nitrogens with zero attached hydrogens (tertiary/aromatic N) is 1. The fraction of sp³-hybridized carbons (Fsp3) is 0.611. The monoisotopic (exact) mass is 437 g/mol. The molecule has 1 aliphatic rings. The highest BCUT2D eigenvalue weighted by atomic mass is 35.5. The molecule has 27 heavy (non-hydrogen) atoms. The third kappa shape index (κ3) is 4.88. The zero-order valence-electron chi connectivity index (χ0n) is 15.8. The molecule has 2 atom stereocenters. The summed E-state index contributed by atoms with van der Waals surface area (Å²) in [5.41, 5.74) is -1.06. The van der Waals surface area contributed by atoms with E-state index in [-0.39, 0.29) is 18.0 Å². The number of likely N-dealkylation sites (tertiary alicyclic amines) is 1. The number of hydrogen-bond acceptors (Lipinski definition) is 4. The normalized spacial score (nSPS) is 22.0. The molecule has 0 bridgehead atoms. The van der Waals surface area contributed by atoms with Gasteiger partial charge in [0, 0.05) is 18.5 Å². The van der Waals surface area contributed by atoms with E-state index in [0.717, 1.165) is 0 Å². The zero-order valence-corrected chi connectivity index (χ0v) is 18.2. The van der Waals surface area contributed by atoms with Gasteiger partial charge in [0.1, 0.15) is 5.60 Å². The standard InChI is InChI=1S/C18H25Cl2NO5S/c1-5-15(27(23,24)25)18(12-6-7-13(19)14(20)10-12)8-9-21(11-18)16(22)26-17(2,3)4/h6-7,10,15H,5,8-9,11H2,1-4H3,(H,23,24,25). The summed E-state index contributed by atoms with van der Waals surface area (Å²) >= 11 is 12.2. The van der Waals surface area contributed by atoms with Crippen LogP contribution in [0.3, 0.4) is 0 Å². The second-order valence-electron chi connectivity index (χ2n) is 7.85. The highest BCUT2D eigenvalue weighted by Crippen LogP contribution is 2.43. The van der Waals surface area contributed by atoms with E-state index in [4.69, 9.17) is 27.9 Å². The second kappa shape index (κ2) is 7.78. The molecule has 1 aromatic rings. The Morgan fingerprint density at radius 1 is 1.33 bits per heavy atom. The summed E-state index contributed by atoms with van der Waals surface area (Å²) in [6.07, 6.45) is 0.0126. The maximum Gasteiger partial charge on any atom is 0.410 e. The van der Waals surface area contributed by atoms with Crippen LogP contribution >= 0.6 is 23.2 Å². The van der Waals surface area contributed by atoms with Gasteiger partial charge >= 0.3 is 6.09 Å². The maximum absolute atomic E-state index is 12.5. The van der Waals surface area contributed by atoms with Crippen LogP contribution < -0.4 is 0 Å². The van der Waals surface area contributed by atoms with Gasteiger partial charge in [0.15, 0.2) is 0 Å². The first-order valence-electron chi connectivity index (χ1n) is 8.70. The number of halogens is 2. The summed E-state index contributed by atoms with van der Waals surface area (Å²) in [7, 11) is -4.37. The third-order valence-electron chi connectivity index (χ3n) is 4.79. The average Bonchev–Trinajstić information content (AvgIpc) is 2.94. The van der Waals surface area contributed by atoms with Gasteiger partial charge in [-0.25, -0.2) is 4.79 Å². The molecule has 152 valence electrons. The van der Waals surface area contributed by atoms with Crippen molar-refractivity contribution in [2.45, 2.75) is 56.8 Å². The Bertz CT molecular complexity index is 822. The van der Waals surface area contributed by atoms with Gasteiger partial charge in [-0.05, 0) is 51.3 Å². The third-order valence-corrected chi connectivity index (χ3v) is 7.04. The SMILES string of the molecule is CCC(C1(c2ccc(Cl)c(Cl)c2)CCN(C(=O)OC(C)(C)C)C1)S(=O)(=O)O. The van der Waals surface area contributed by atoms with Gasteiger partial charge in [-0.15, -0.1) is 0 Å². The highest BCUT2D eigenvalue weighted by molar-refractivity contribution is 7.86. The second-order valence-corrected chi connectivity index (χ2v) is 10.3. The molecule has 2 rings (SSSR count). The van der Waals surface area contributed by atoms with Gasteiger partial charge < -0.3 is 9.64 Å². The van der Waals surface area contributed by atoms with Gasteiger partial charge in [-0.2, -0.15) is 8.42 Å². The molecule has 1 aromatic carbocycles. The Balaban J connectivity index is 2.50. The molecular formula is C18H25Cl2NO5S. The minimum atomic E-state index is -4.37. The molecule has 0 saturated carbocycles. The number of benzene rings is 1. The first-order chi connectivity index (χ1) is 12.3. The molecule has 1 fully saturated rings. The molecule has 0 aliphatic carbocycles. The topological polar surface area (TPSA) is 83.9 Å². The number of carbonyl (C=O) groups excluding carboxylic acids is 1. The molecular weight excluding hydrogens is 413 g/mol. The Morgan fingerprint density at radius 3 is 2.44 bits per heavy atom. The van der Waals surface area contributed by atoms with Crippen LogP contribution in [0.2, 0.25) is 10.0 Å². The fourth-order valence-electron chi connectivity index (χ4n) is 3.69. The van der Waals surface area contributed by atoms with E-state index in [0.29, 0.717) is 23.6 Å². The number of ether oxygens (including phenoxy) is 1. The van der Waals surface area contributed by atoms with Crippen LogP contribution in [0.4, 0.5) is 4.79 Å². The lowest BCUT2D eigenvalue weighted by Gasteiger charge is -2.36. The van der Waals surface area contributed by atoms with Crippen molar-refractivity contribution in [1.29, 1.82) is 0 Å². The van der Waals surface area contributed by atoms with Gasteiger partial charge in [0.25, 0.3) is 10.1 Å². The molecule has 1 amide bonds. The minimum absolute atomic E-state index is 0.0954. The van der Waals surface area contributed by atoms with Gasteiger partial charge in [-0.1, -0.05) is 36.2 Å². The van der Waals surface area contributed by atoms with Crippen LogP contribution in [-0.2, 0) is 20.3 Å². The number of hydrogen-bond donors (Lipinski definition) is 1. The van der Waals surface area contributed by atoms with Gasteiger partial charge in [0.2, 0.25) is 0 Å². The van der Waals surface area contributed by atoms with Crippen molar-refractivity contribution in [3.63, 3.8) is 0 Å². The summed E-state index contributed by atoms with van der Waals surface area (Å²) in [5.74, 6) is 0. The lowest BCUT2D eigenvalue weighted by molar-refractivity contribution is 0.0283. The summed E-state index contributed by atoms with van der Waals surface area (Å²) in [4.78, 5) is 14.0. The van der Waals surface area contributed by atoms with Crippen LogP contribution in [0.1, 0.15) is 46.1 Å². The quantitative estimate of drug-likeness (QED) is 0.698. The lowest BCUT2D eigenvalue weighted by atomic mass is 9.75. The maximum atomic E-state index is 12.5. The lowest BCUT2D eigenvalue weighted by Crippen LogP contribution is -2.47. The van der Waals surface area contributed by atoms with E-state index >= 15 is 0 Å². The number of carbonyl (C=O) groups is 1. The van der Waals surface area contributed by atoms with Crippen LogP contribution in [-0.4, -0.2) is 47.9 Å². The van der Waals surface area contributed by atoms with Crippen molar-refractivity contribution in [2.75, 3.05) is 13.1 Å². The molecule has 0 aromatic heterocycles. The summed E-state index contributed by atoms with van der Waals surface area (Å²) in [5, 5.41) is -0.457. The minimum Gasteiger partial charge on any atom is -0.444 e. The molecule has 1 aliphatic heterocycles. The summed E-state index contributed by atoms with van der Waals surface area (Å²) < 4.78 is 39.6. The van der Waals surface area contributed by atoms with Crippen LogP contribution in [0.5, 0.6) is 0 Å². The average molecular weight is 438 g/mol. The molecule has 1 heterocycles. The van der Waals surface area contributed by atoms with Crippen LogP contribution in [0, 0.1) is 0 Å². The van der Waals surface area contributed by atoms with Crippen molar-refractivity contribution in [3.05, 3.63) is 33.8 Å². The van der Waals surface area contributed by atoms with E-state index < -0.39 is 32.5 Å².